The van der Waals surface area contributed by atoms with E-state index in [1.165, 1.54) is 55.4 Å². The maximum atomic E-state index is 12.4. The predicted octanol–water partition coefficient (Wildman–Crippen LogP) is 4.48. The molecule has 2 aliphatic carbocycles. The lowest BCUT2D eigenvalue weighted by Gasteiger charge is -2.30. The smallest absolute Gasteiger partial charge is 0.226 e. The van der Waals surface area contributed by atoms with Crippen molar-refractivity contribution in [1.29, 1.82) is 5.26 Å². The molecule has 0 aromatic carbocycles. The molecule has 5 heteroatoms. The Bertz CT molecular complexity index is 640. The predicted molar refractivity (Wildman–Crippen MR) is 103 cm³/mol. The van der Waals surface area contributed by atoms with E-state index in [1.807, 2.05) is 0 Å². The molecule has 0 spiro atoms. The standard InChI is InChI=1S/C20H29N3OS/c1-23(15-8-4-2-5-9-15)13-12-19(24)22-20-17(14-21)16-10-6-3-7-11-18(16)25-20/h15H,2-13H2,1H3,(H,22,24). The minimum atomic E-state index is 0.0376. The molecule has 1 fully saturated rings. The van der Waals surface area contributed by atoms with Crippen LogP contribution in [0.2, 0.25) is 0 Å². The molecule has 2 aliphatic rings. The van der Waals surface area contributed by atoms with E-state index in [2.05, 4.69) is 23.3 Å². The van der Waals surface area contributed by atoms with Crippen LogP contribution in [0.15, 0.2) is 0 Å². The topological polar surface area (TPSA) is 56.1 Å². The van der Waals surface area contributed by atoms with Crippen LogP contribution in [0, 0.1) is 11.3 Å². The first-order chi connectivity index (χ1) is 12.2. The minimum Gasteiger partial charge on any atom is -0.317 e. The average Bonchev–Trinajstić information content (AvgIpc) is 2.79. The number of nitrogens with one attached hydrogen (secondary N) is 1. The molecule has 1 aromatic heterocycles. The quantitative estimate of drug-likeness (QED) is 0.789. The molecule has 1 heterocycles. The molecule has 1 saturated carbocycles. The van der Waals surface area contributed by atoms with Crippen molar-refractivity contribution in [3.8, 4) is 6.07 Å². The van der Waals surface area contributed by atoms with Crippen LogP contribution in [0.5, 0.6) is 0 Å². The van der Waals surface area contributed by atoms with Gasteiger partial charge in [0, 0.05) is 23.9 Å². The van der Waals surface area contributed by atoms with Gasteiger partial charge in [-0.2, -0.15) is 5.26 Å². The van der Waals surface area contributed by atoms with Crippen molar-refractivity contribution in [3.05, 3.63) is 16.0 Å². The molecule has 4 nitrogen and oxygen atoms in total. The van der Waals surface area contributed by atoms with Crippen LogP contribution >= 0.6 is 11.3 Å². The van der Waals surface area contributed by atoms with Crippen molar-refractivity contribution in [2.24, 2.45) is 0 Å². The average molecular weight is 360 g/mol. The van der Waals surface area contributed by atoms with Crippen molar-refractivity contribution < 1.29 is 4.79 Å². The molecule has 25 heavy (non-hydrogen) atoms. The molecule has 0 unspecified atom stereocenters. The highest BCUT2D eigenvalue weighted by molar-refractivity contribution is 7.16. The van der Waals surface area contributed by atoms with Crippen LogP contribution < -0.4 is 5.32 Å². The van der Waals surface area contributed by atoms with E-state index in [9.17, 15) is 10.1 Å². The zero-order valence-electron chi connectivity index (χ0n) is 15.3. The van der Waals surface area contributed by atoms with Crippen molar-refractivity contribution in [3.63, 3.8) is 0 Å². The number of carbonyl (C=O) groups excluding carboxylic acids is 1. The maximum absolute atomic E-state index is 12.4. The van der Waals surface area contributed by atoms with Gasteiger partial charge in [0.25, 0.3) is 0 Å². The zero-order chi connectivity index (χ0) is 17.6. The van der Waals surface area contributed by atoms with Gasteiger partial charge in [-0.15, -0.1) is 11.3 Å². The highest BCUT2D eigenvalue weighted by Crippen LogP contribution is 2.37. The Kier molecular flexibility index (Phi) is 6.50. The summed E-state index contributed by atoms with van der Waals surface area (Å²) in [7, 11) is 2.14. The number of fused-ring (bicyclic) bond motifs is 1. The van der Waals surface area contributed by atoms with Crippen LogP contribution in [0.3, 0.4) is 0 Å². The van der Waals surface area contributed by atoms with Gasteiger partial charge < -0.3 is 10.2 Å². The second kappa shape index (κ2) is 8.82. The first-order valence-corrected chi connectivity index (χ1v) is 10.6. The Balaban J connectivity index is 1.57. The number of anilines is 1. The summed E-state index contributed by atoms with van der Waals surface area (Å²) in [5.74, 6) is 0.0376. The molecule has 0 atom stereocenters. The molecular weight excluding hydrogens is 330 g/mol. The molecule has 0 radical (unpaired) electrons. The second-order valence-electron chi connectivity index (χ2n) is 7.45. The summed E-state index contributed by atoms with van der Waals surface area (Å²) >= 11 is 1.62. The molecule has 0 saturated heterocycles. The summed E-state index contributed by atoms with van der Waals surface area (Å²) in [6, 6.07) is 2.97. The minimum absolute atomic E-state index is 0.0376. The molecule has 1 amide bonds. The highest BCUT2D eigenvalue weighted by Gasteiger charge is 2.22. The van der Waals surface area contributed by atoms with Gasteiger partial charge in [0.15, 0.2) is 0 Å². The lowest BCUT2D eigenvalue weighted by molar-refractivity contribution is -0.116. The monoisotopic (exact) mass is 359 g/mol. The fraction of sp³-hybridized carbons (Fsp3) is 0.700. The summed E-state index contributed by atoms with van der Waals surface area (Å²) in [5, 5.41) is 13.4. The Morgan fingerprint density at radius 3 is 2.68 bits per heavy atom. The maximum Gasteiger partial charge on any atom is 0.226 e. The molecule has 136 valence electrons. The van der Waals surface area contributed by atoms with Crippen molar-refractivity contribution in [2.75, 3.05) is 18.9 Å². The normalized spacial score (nSPS) is 18.4. The Morgan fingerprint density at radius 2 is 1.92 bits per heavy atom. The van der Waals surface area contributed by atoms with Gasteiger partial charge in [-0.3, -0.25) is 4.79 Å². The summed E-state index contributed by atoms with van der Waals surface area (Å²) in [6.45, 7) is 0.795. The number of thiophene rings is 1. The van der Waals surface area contributed by atoms with Crippen molar-refractivity contribution >= 4 is 22.2 Å². The van der Waals surface area contributed by atoms with Crippen molar-refractivity contribution in [2.45, 2.75) is 76.7 Å². The third-order valence-electron chi connectivity index (χ3n) is 5.68. The molecular formula is C20H29N3OS. The van der Waals surface area contributed by atoms with Gasteiger partial charge >= 0.3 is 0 Å². The third-order valence-corrected chi connectivity index (χ3v) is 6.88. The van der Waals surface area contributed by atoms with Crippen molar-refractivity contribution in [1.82, 2.24) is 4.90 Å². The number of nitrogens with zero attached hydrogens (tertiary/aromatic N) is 2. The summed E-state index contributed by atoms with van der Waals surface area (Å²) in [6.07, 6.45) is 12.6. The molecule has 1 N–H and O–H groups in total. The lowest BCUT2D eigenvalue weighted by atomic mass is 9.94. The molecule has 0 aliphatic heterocycles. The lowest BCUT2D eigenvalue weighted by Crippen LogP contribution is -2.35. The van der Waals surface area contributed by atoms with E-state index in [0.29, 0.717) is 12.5 Å². The van der Waals surface area contributed by atoms with E-state index in [-0.39, 0.29) is 5.91 Å². The van der Waals surface area contributed by atoms with E-state index in [4.69, 9.17) is 0 Å². The van der Waals surface area contributed by atoms with Gasteiger partial charge in [0.2, 0.25) is 5.91 Å². The van der Waals surface area contributed by atoms with Crippen LogP contribution in [0.1, 0.15) is 73.8 Å². The van der Waals surface area contributed by atoms with E-state index >= 15 is 0 Å². The fourth-order valence-electron chi connectivity index (χ4n) is 4.12. The third kappa shape index (κ3) is 4.62. The van der Waals surface area contributed by atoms with Gasteiger partial charge in [-0.05, 0) is 51.1 Å². The largest absolute Gasteiger partial charge is 0.317 e. The van der Waals surface area contributed by atoms with Gasteiger partial charge in [-0.25, -0.2) is 0 Å². The fourth-order valence-corrected chi connectivity index (χ4v) is 5.38. The van der Waals surface area contributed by atoms with Gasteiger partial charge in [0.05, 0.1) is 5.56 Å². The number of amides is 1. The highest BCUT2D eigenvalue weighted by atomic mass is 32.1. The number of hydrogen-bond donors (Lipinski definition) is 1. The first-order valence-electron chi connectivity index (χ1n) is 9.73. The van der Waals surface area contributed by atoms with Crippen LogP contribution in [0.25, 0.3) is 0 Å². The Labute approximate surface area is 155 Å². The first kappa shape index (κ1) is 18.4. The number of rotatable bonds is 5. The summed E-state index contributed by atoms with van der Waals surface area (Å²) in [5.41, 5.74) is 1.91. The van der Waals surface area contributed by atoms with E-state index in [1.54, 1.807) is 11.3 Å². The second-order valence-corrected chi connectivity index (χ2v) is 8.56. The van der Waals surface area contributed by atoms with Crippen LogP contribution in [-0.2, 0) is 17.6 Å². The number of aryl methyl sites for hydroxylation is 1. The Hall–Kier alpha value is -1.38. The number of nitriles is 1. The zero-order valence-corrected chi connectivity index (χ0v) is 16.1. The van der Waals surface area contributed by atoms with E-state index in [0.717, 1.165) is 36.4 Å². The summed E-state index contributed by atoms with van der Waals surface area (Å²) in [4.78, 5) is 16.1. The van der Waals surface area contributed by atoms with Crippen LogP contribution in [0.4, 0.5) is 5.00 Å². The van der Waals surface area contributed by atoms with Crippen LogP contribution in [-0.4, -0.2) is 30.4 Å². The number of carbonyl (C=O) groups is 1. The molecule has 3 rings (SSSR count). The molecule has 0 bridgehead atoms. The molecule has 1 aromatic rings. The SMILES string of the molecule is CN(CCC(=O)Nc1sc2c(c1C#N)CCCCC2)C1CCCCC1. The van der Waals surface area contributed by atoms with E-state index < -0.39 is 0 Å². The Morgan fingerprint density at radius 1 is 1.20 bits per heavy atom. The van der Waals surface area contributed by atoms with Gasteiger partial charge in [0.1, 0.15) is 11.1 Å². The van der Waals surface area contributed by atoms with Gasteiger partial charge in [-0.1, -0.05) is 25.7 Å². The summed E-state index contributed by atoms with van der Waals surface area (Å²) < 4.78 is 0. The number of hydrogen-bond acceptors (Lipinski definition) is 4.